The monoisotopic (exact) mass is 514 g/mol. The first-order valence-corrected chi connectivity index (χ1v) is 9.83. The number of carbonyl (C=O) groups excluding carboxylic acids is 1. The highest BCUT2D eigenvalue weighted by molar-refractivity contribution is 9.10. The van der Waals surface area contributed by atoms with Gasteiger partial charge in [-0.15, -0.1) is 0 Å². The second-order valence-corrected chi connectivity index (χ2v) is 7.68. The molecule has 2 rings (SSSR count). The molecule has 0 aliphatic heterocycles. The van der Waals surface area contributed by atoms with Crippen LogP contribution in [-0.2, 0) is 4.74 Å². The average molecular weight is 517 g/mol. The van der Waals surface area contributed by atoms with Crippen molar-refractivity contribution in [2.45, 2.75) is 19.0 Å². The molecule has 28 heavy (non-hydrogen) atoms. The Hall–Kier alpha value is -1.21. The van der Waals surface area contributed by atoms with E-state index in [9.17, 15) is 18.0 Å². The van der Waals surface area contributed by atoms with Crippen molar-refractivity contribution in [2.75, 3.05) is 6.61 Å². The number of halogens is 7. The van der Waals surface area contributed by atoms with Crippen molar-refractivity contribution in [1.29, 1.82) is 0 Å². The normalized spacial score (nSPS) is 13.0. The number of benzene rings is 2. The maximum absolute atomic E-state index is 13.6. The first-order chi connectivity index (χ1) is 13.0. The summed E-state index contributed by atoms with van der Waals surface area (Å²) in [5, 5.41) is -0.128. The largest absolute Gasteiger partial charge is 0.462 e. The number of ether oxygens (including phenoxy) is 1. The van der Waals surface area contributed by atoms with E-state index in [4.69, 9.17) is 39.5 Å². The molecule has 2 aromatic carbocycles. The molecule has 0 fully saturated rings. The van der Waals surface area contributed by atoms with E-state index in [0.29, 0.717) is 10.0 Å². The molecule has 0 radical (unpaired) electrons. The Morgan fingerprint density at radius 1 is 1.18 bits per heavy atom. The molecular formula is C19H13BrCl3F3O2. The lowest BCUT2D eigenvalue weighted by molar-refractivity contribution is -0.139. The second-order valence-electron chi connectivity index (χ2n) is 5.64. The highest BCUT2D eigenvalue weighted by atomic mass is 79.9. The van der Waals surface area contributed by atoms with Crippen molar-refractivity contribution in [3.8, 4) is 0 Å². The van der Waals surface area contributed by atoms with Crippen LogP contribution >= 0.6 is 50.7 Å². The summed E-state index contributed by atoms with van der Waals surface area (Å²) < 4.78 is 46.0. The van der Waals surface area contributed by atoms with Gasteiger partial charge in [0.2, 0.25) is 0 Å². The summed E-state index contributed by atoms with van der Waals surface area (Å²) in [6.45, 7) is 1.89. The molecule has 0 amide bonds. The zero-order valence-corrected chi connectivity index (χ0v) is 18.1. The van der Waals surface area contributed by atoms with Crippen molar-refractivity contribution in [1.82, 2.24) is 0 Å². The van der Waals surface area contributed by atoms with Gasteiger partial charge in [-0.2, -0.15) is 13.2 Å². The van der Waals surface area contributed by atoms with Gasteiger partial charge in [0.1, 0.15) is 0 Å². The zero-order valence-electron chi connectivity index (χ0n) is 14.3. The molecule has 0 saturated heterocycles. The molecular weight excluding hydrogens is 503 g/mol. The predicted molar refractivity (Wildman–Crippen MR) is 109 cm³/mol. The molecule has 2 nitrogen and oxygen atoms in total. The van der Waals surface area contributed by atoms with E-state index in [1.165, 1.54) is 24.3 Å². The Kier molecular flexibility index (Phi) is 7.85. The lowest BCUT2D eigenvalue weighted by Crippen LogP contribution is -2.19. The van der Waals surface area contributed by atoms with Crippen LogP contribution in [0.15, 0.2) is 40.9 Å². The number of allylic oxidation sites excluding steroid dienone is 1. The summed E-state index contributed by atoms with van der Waals surface area (Å²) in [7, 11) is 0. The number of hydrogen-bond donors (Lipinski definition) is 0. The van der Waals surface area contributed by atoms with E-state index in [2.05, 4.69) is 15.9 Å². The third-order valence-corrected chi connectivity index (χ3v) is 5.54. The van der Waals surface area contributed by atoms with Crippen molar-refractivity contribution in [3.63, 3.8) is 0 Å². The van der Waals surface area contributed by atoms with E-state index in [-0.39, 0.29) is 32.8 Å². The third-order valence-electron chi connectivity index (χ3n) is 3.69. The maximum atomic E-state index is 13.6. The quantitative estimate of drug-likeness (QED) is 0.298. The Morgan fingerprint density at radius 2 is 1.79 bits per heavy atom. The van der Waals surface area contributed by atoms with Crippen LogP contribution in [0.5, 0.6) is 0 Å². The minimum absolute atomic E-state index is 0.00419. The van der Waals surface area contributed by atoms with Gasteiger partial charge in [0.05, 0.1) is 33.2 Å². The van der Waals surface area contributed by atoms with Crippen LogP contribution in [-0.4, -0.2) is 18.8 Å². The number of hydrogen-bond acceptors (Lipinski definition) is 2. The summed E-state index contributed by atoms with van der Waals surface area (Å²) >= 11 is 20.8. The molecule has 2 aromatic rings. The SMILES string of the molecule is CCOC(=O)c1ccc(/C=C\C(c2cc(Cl)c(Cl)c(Cl)c2)C(F)(F)F)cc1Br. The van der Waals surface area contributed by atoms with Gasteiger partial charge in [0.25, 0.3) is 0 Å². The topological polar surface area (TPSA) is 26.3 Å². The first kappa shape index (κ1) is 23.1. The number of carbonyl (C=O) groups is 1. The van der Waals surface area contributed by atoms with Crippen molar-refractivity contribution in [2.24, 2.45) is 0 Å². The van der Waals surface area contributed by atoms with E-state index in [1.807, 2.05) is 0 Å². The molecule has 0 saturated carbocycles. The maximum Gasteiger partial charge on any atom is 0.399 e. The van der Waals surface area contributed by atoms with Crippen molar-refractivity contribution in [3.05, 3.63) is 72.6 Å². The van der Waals surface area contributed by atoms with Crippen molar-refractivity contribution < 1.29 is 22.7 Å². The van der Waals surface area contributed by atoms with Gasteiger partial charge < -0.3 is 4.74 Å². The van der Waals surface area contributed by atoms with Crippen LogP contribution in [0.2, 0.25) is 15.1 Å². The van der Waals surface area contributed by atoms with Gasteiger partial charge in [-0.05, 0) is 58.2 Å². The lowest BCUT2D eigenvalue weighted by Gasteiger charge is -2.18. The molecule has 150 valence electrons. The molecule has 1 unspecified atom stereocenters. The molecule has 0 aliphatic rings. The molecule has 0 N–H and O–H groups in total. The Bertz CT molecular complexity index is 891. The van der Waals surface area contributed by atoms with Gasteiger partial charge in [-0.25, -0.2) is 4.79 Å². The second kappa shape index (κ2) is 9.53. The molecule has 0 spiro atoms. The van der Waals surface area contributed by atoms with Crippen LogP contribution in [0.4, 0.5) is 13.2 Å². The van der Waals surface area contributed by atoms with E-state index in [1.54, 1.807) is 6.92 Å². The van der Waals surface area contributed by atoms with Crippen LogP contribution in [0.1, 0.15) is 34.3 Å². The summed E-state index contributed by atoms with van der Waals surface area (Å²) in [6, 6.07) is 6.79. The number of alkyl halides is 3. The predicted octanol–water partition coefficient (Wildman–Crippen LogP) is 7.95. The van der Waals surface area contributed by atoms with Crippen LogP contribution in [0.25, 0.3) is 6.08 Å². The Morgan fingerprint density at radius 3 is 2.29 bits per heavy atom. The molecule has 0 aliphatic carbocycles. The Labute approximate surface area is 183 Å². The average Bonchev–Trinajstić information content (AvgIpc) is 2.58. The summed E-state index contributed by atoms with van der Waals surface area (Å²) in [5.41, 5.74) is 0.605. The number of esters is 1. The van der Waals surface area contributed by atoms with E-state index < -0.39 is 18.1 Å². The van der Waals surface area contributed by atoms with Gasteiger partial charge in [0, 0.05) is 4.47 Å². The summed E-state index contributed by atoms with van der Waals surface area (Å²) in [4.78, 5) is 11.8. The third kappa shape index (κ3) is 5.66. The summed E-state index contributed by atoms with van der Waals surface area (Å²) in [6.07, 6.45) is -2.28. The molecule has 0 aromatic heterocycles. The molecule has 0 bridgehead atoms. The smallest absolute Gasteiger partial charge is 0.399 e. The fourth-order valence-corrected chi connectivity index (χ4v) is 3.55. The Balaban J connectivity index is 2.37. The highest BCUT2D eigenvalue weighted by Crippen LogP contribution is 2.41. The van der Waals surface area contributed by atoms with Crippen molar-refractivity contribution >= 4 is 62.8 Å². The van der Waals surface area contributed by atoms with Gasteiger partial charge in [-0.1, -0.05) is 53.0 Å². The molecule has 9 heteroatoms. The fraction of sp³-hybridized carbons (Fsp3) is 0.211. The number of rotatable bonds is 5. The fourth-order valence-electron chi connectivity index (χ4n) is 2.38. The lowest BCUT2D eigenvalue weighted by atomic mass is 9.97. The molecule has 1 atom stereocenters. The van der Waals surface area contributed by atoms with Crippen LogP contribution in [0.3, 0.4) is 0 Å². The van der Waals surface area contributed by atoms with Crippen LogP contribution < -0.4 is 0 Å². The summed E-state index contributed by atoms with van der Waals surface area (Å²) in [5.74, 6) is -2.47. The first-order valence-electron chi connectivity index (χ1n) is 7.90. The zero-order chi connectivity index (χ0) is 21.1. The molecule has 0 heterocycles. The van der Waals surface area contributed by atoms with E-state index >= 15 is 0 Å². The van der Waals surface area contributed by atoms with Gasteiger partial charge in [-0.3, -0.25) is 0 Å². The minimum atomic E-state index is -4.57. The van der Waals surface area contributed by atoms with E-state index in [0.717, 1.165) is 18.2 Å². The highest BCUT2D eigenvalue weighted by Gasteiger charge is 2.39. The standard InChI is InChI=1S/C19H13BrCl3F3O2/c1-2-28-18(27)12-5-3-10(7-14(12)20)4-6-13(19(24,25)26)11-8-15(21)17(23)16(22)9-11/h3-9,13H,2H2,1H3/b6-4-. The van der Waals surface area contributed by atoms with Gasteiger partial charge >= 0.3 is 12.1 Å². The van der Waals surface area contributed by atoms with Crippen LogP contribution in [0, 0.1) is 0 Å². The van der Waals surface area contributed by atoms with Gasteiger partial charge in [0.15, 0.2) is 0 Å². The minimum Gasteiger partial charge on any atom is -0.462 e.